The standard InChI is InChI=1S/C12H21F2N3O/c1-12(2,3)15-6-9-5-10(18-16-9)7-17(4)8-11(13)14/h5,11,15H,6-8H2,1-4H3. The van der Waals surface area contributed by atoms with Gasteiger partial charge in [-0.05, 0) is 27.8 Å². The van der Waals surface area contributed by atoms with E-state index in [4.69, 9.17) is 4.52 Å². The summed E-state index contributed by atoms with van der Waals surface area (Å²) in [4.78, 5) is 1.51. The Morgan fingerprint density at radius 3 is 2.67 bits per heavy atom. The molecule has 18 heavy (non-hydrogen) atoms. The van der Waals surface area contributed by atoms with Gasteiger partial charge in [-0.3, -0.25) is 4.90 Å². The van der Waals surface area contributed by atoms with Crippen molar-refractivity contribution < 1.29 is 13.3 Å². The minimum Gasteiger partial charge on any atom is -0.360 e. The van der Waals surface area contributed by atoms with Crippen molar-refractivity contribution in [3.05, 3.63) is 17.5 Å². The molecule has 1 N–H and O–H groups in total. The molecule has 1 aromatic rings. The number of nitrogens with one attached hydrogen (secondary N) is 1. The highest BCUT2D eigenvalue weighted by molar-refractivity contribution is 5.05. The molecular weight excluding hydrogens is 240 g/mol. The minimum atomic E-state index is -2.33. The second-order valence-electron chi connectivity index (χ2n) is 5.48. The average Bonchev–Trinajstić information content (AvgIpc) is 2.60. The average molecular weight is 261 g/mol. The van der Waals surface area contributed by atoms with E-state index in [9.17, 15) is 8.78 Å². The van der Waals surface area contributed by atoms with Crippen LogP contribution in [0.1, 0.15) is 32.2 Å². The lowest BCUT2D eigenvalue weighted by Gasteiger charge is -2.19. The molecule has 0 aliphatic carbocycles. The Bertz CT molecular complexity index is 360. The molecule has 1 heterocycles. The number of rotatable bonds is 6. The van der Waals surface area contributed by atoms with Crippen molar-refractivity contribution in [2.75, 3.05) is 13.6 Å². The molecule has 4 nitrogen and oxygen atoms in total. The van der Waals surface area contributed by atoms with Gasteiger partial charge < -0.3 is 9.84 Å². The van der Waals surface area contributed by atoms with E-state index in [0.29, 0.717) is 18.8 Å². The zero-order valence-electron chi connectivity index (χ0n) is 11.3. The van der Waals surface area contributed by atoms with Crippen molar-refractivity contribution in [2.24, 2.45) is 0 Å². The molecule has 0 aromatic carbocycles. The Labute approximate surface area is 106 Å². The van der Waals surface area contributed by atoms with Gasteiger partial charge in [0.2, 0.25) is 0 Å². The lowest BCUT2D eigenvalue weighted by Crippen LogP contribution is -2.35. The highest BCUT2D eigenvalue weighted by atomic mass is 19.3. The molecule has 1 aromatic heterocycles. The molecule has 0 fully saturated rings. The van der Waals surface area contributed by atoms with Gasteiger partial charge in [0.15, 0.2) is 5.76 Å². The number of hydrogen-bond acceptors (Lipinski definition) is 4. The van der Waals surface area contributed by atoms with Crippen LogP contribution >= 0.6 is 0 Å². The van der Waals surface area contributed by atoms with Gasteiger partial charge in [0.1, 0.15) is 0 Å². The molecule has 0 saturated carbocycles. The first kappa shape index (κ1) is 15.0. The first-order chi connectivity index (χ1) is 8.26. The number of aromatic nitrogens is 1. The lowest BCUT2D eigenvalue weighted by molar-refractivity contribution is 0.0935. The van der Waals surface area contributed by atoms with E-state index in [1.807, 2.05) is 0 Å². The van der Waals surface area contributed by atoms with Gasteiger partial charge in [0, 0.05) is 18.2 Å². The summed E-state index contributed by atoms with van der Waals surface area (Å²) in [7, 11) is 1.63. The van der Waals surface area contributed by atoms with E-state index in [1.165, 1.54) is 4.90 Å². The predicted molar refractivity (Wildman–Crippen MR) is 65.4 cm³/mol. The molecule has 0 bridgehead atoms. The molecule has 0 saturated heterocycles. The zero-order chi connectivity index (χ0) is 13.8. The highest BCUT2D eigenvalue weighted by Crippen LogP contribution is 2.09. The molecular formula is C12H21F2N3O. The van der Waals surface area contributed by atoms with Crippen LogP contribution in [0.4, 0.5) is 8.78 Å². The maximum absolute atomic E-state index is 12.1. The van der Waals surface area contributed by atoms with Crippen LogP contribution in [0, 0.1) is 0 Å². The number of alkyl halides is 2. The monoisotopic (exact) mass is 261 g/mol. The largest absolute Gasteiger partial charge is 0.360 e. The third-order valence-electron chi connectivity index (χ3n) is 2.28. The van der Waals surface area contributed by atoms with Crippen molar-refractivity contribution >= 4 is 0 Å². The SMILES string of the molecule is CN(Cc1cc(CNC(C)(C)C)no1)CC(F)F. The number of hydrogen-bond donors (Lipinski definition) is 1. The molecule has 0 unspecified atom stereocenters. The Morgan fingerprint density at radius 2 is 2.11 bits per heavy atom. The molecule has 1 rings (SSSR count). The van der Waals surface area contributed by atoms with Crippen molar-refractivity contribution in [1.82, 2.24) is 15.4 Å². The Morgan fingerprint density at radius 1 is 1.44 bits per heavy atom. The van der Waals surface area contributed by atoms with E-state index in [2.05, 4.69) is 31.2 Å². The number of halogens is 2. The highest BCUT2D eigenvalue weighted by Gasteiger charge is 2.13. The summed E-state index contributed by atoms with van der Waals surface area (Å²) in [5.74, 6) is 0.601. The van der Waals surface area contributed by atoms with E-state index in [0.717, 1.165) is 5.69 Å². The summed E-state index contributed by atoms with van der Waals surface area (Å²) in [6.07, 6.45) is -2.33. The Balaban J connectivity index is 2.43. The second-order valence-corrected chi connectivity index (χ2v) is 5.48. The fraction of sp³-hybridized carbons (Fsp3) is 0.750. The minimum absolute atomic E-state index is 0.00554. The fourth-order valence-electron chi connectivity index (χ4n) is 1.44. The van der Waals surface area contributed by atoms with E-state index in [-0.39, 0.29) is 12.1 Å². The van der Waals surface area contributed by atoms with Gasteiger partial charge in [0.05, 0.1) is 18.8 Å². The van der Waals surface area contributed by atoms with Crippen LogP contribution < -0.4 is 5.32 Å². The topological polar surface area (TPSA) is 41.3 Å². The summed E-state index contributed by atoms with van der Waals surface area (Å²) < 4.78 is 29.4. The van der Waals surface area contributed by atoms with Crippen LogP contribution in [-0.2, 0) is 13.1 Å². The van der Waals surface area contributed by atoms with Gasteiger partial charge in [-0.1, -0.05) is 5.16 Å². The second kappa shape index (κ2) is 6.24. The molecule has 0 aliphatic heterocycles. The quantitative estimate of drug-likeness (QED) is 0.853. The summed E-state index contributed by atoms with van der Waals surface area (Å²) in [5, 5.41) is 7.18. The van der Waals surface area contributed by atoms with Crippen molar-refractivity contribution in [1.29, 1.82) is 0 Å². The molecule has 0 atom stereocenters. The third kappa shape index (κ3) is 6.07. The summed E-state index contributed by atoms with van der Waals surface area (Å²) in [6.45, 7) is 6.86. The Hall–Kier alpha value is -1.01. The number of nitrogens with zero attached hydrogens (tertiary/aromatic N) is 2. The van der Waals surface area contributed by atoms with Crippen LogP contribution in [0.25, 0.3) is 0 Å². The zero-order valence-corrected chi connectivity index (χ0v) is 11.3. The van der Waals surface area contributed by atoms with Crippen LogP contribution in [-0.4, -0.2) is 35.6 Å². The summed E-state index contributed by atoms with van der Waals surface area (Å²) >= 11 is 0. The molecule has 6 heteroatoms. The summed E-state index contributed by atoms with van der Waals surface area (Å²) in [5.41, 5.74) is 0.788. The van der Waals surface area contributed by atoms with Crippen molar-refractivity contribution in [2.45, 2.75) is 45.8 Å². The molecule has 0 amide bonds. The van der Waals surface area contributed by atoms with E-state index >= 15 is 0 Å². The molecule has 0 aliphatic rings. The van der Waals surface area contributed by atoms with Crippen LogP contribution in [0.3, 0.4) is 0 Å². The van der Waals surface area contributed by atoms with Gasteiger partial charge in [0.25, 0.3) is 6.43 Å². The van der Waals surface area contributed by atoms with Gasteiger partial charge in [-0.15, -0.1) is 0 Å². The van der Waals surface area contributed by atoms with Gasteiger partial charge in [-0.25, -0.2) is 8.78 Å². The predicted octanol–water partition coefficient (Wildman–Crippen LogP) is 2.26. The summed E-state index contributed by atoms with van der Waals surface area (Å²) in [6, 6.07) is 1.79. The van der Waals surface area contributed by atoms with Gasteiger partial charge >= 0.3 is 0 Å². The molecule has 104 valence electrons. The maximum Gasteiger partial charge on any atom is 0.251 e. The van der Waals surface area contributed by atoms with E-state index in [1.54, 1.807) is 13.1 Å². The van der Waals surface area contributed by atoms with Crippen LogP contribution in [0.2, 0.25) is 0 Å². The first-order valence-electron chi connectivity index (χ1n) is 5.92. The van der Waals surface area contributed by atoms with Crippen LogP contribution in [0.5, 0.6) is 0 Å². The van der Waals surface area contributed by atoms with Gasteiger partial charge in [-0.2, -0.15) is 0 Å². The first-order valence-corrected chi connectivity index (χ1v) is 5.92. The smallest absolute Gasteiger partial charge is 0.251 e. The lowest BCUT2D eigenvalue weighted by atomic mass is 10.1. The third-order valence-corrected chi connectivity index (χ3v) is 2.28. The van der Waals surface area contributed by atoms with E-state index < -0.39 is 6.43 Å². The molecule has 0 radical (unpaired) electrons. The molecule has 0 spiro atoms. The van der Waals surface area contributed by atoms with Crippen LogP contribution in [0.15, 0.2) is 10.6 Å². The van der Waals surface area contributed by atoms with Crippen molar-refractivity contribution in [3.8, 4) is 0 Å². The van der Waals surface area contributed by atoms with Crippen molar-refractivity contribution in [3.63, 3.8) is 0 Å². The Kier molecular flexibility index (Phi) is 5.22. The normalized spacial score (nSPS) is 12.7. The fourth-order valence-corrected chi connectivity index (χ4v) is 1.44. The maximum atomic E-state index is 12.1.